The molecule has 2 aromatic rings. The van der Waals surface area contributed by atoms with Crippen molar-refractivity contribution < 1.29 is 9.18 Å². The molecule has 0 aliphatic carbocycles. The van der Waals surface area contributed by atoms with E-state index in [2.05, 4.69) is 15.5 Å². The van der Waals surface area contributed by atoms with E-state index in [1.54, 1.807) is 19.1 Å². The Morgan fingerprint density at radius 2 is 2.08 bits per heavy atom. The second kappa shape index (κ2) is 6.26. The second-order valence-corrected chi connectivity index (χ2v) is 7.15. The van der Waals surface area contributed by atoms with Gasteiger partial charge in [0.15, 0.2) is 0 Å². The summed E-state index contributed by atoms with van der Waals surface area (Å²) >= 11 is 5.97. The van der Waals surface area contributed by atoms with Crippen LogP contribution in [0.25, 0.3) is 11.3 Å². The molecule has 2 bridgehead atoms. The van der Waals surface area contributed by atoms with E-state index in [-0.39, 0.29) is 11.7 Å². The normalized spacial score (nSPS) is 21.6. The molecule has 0 spiro atoms. The fourth-order valence-electron chi connectivity index (χ4n) is 3.83. The van der Waals surface area contributed by atoms with Crippen molar-refractivity contribution in [1.29, 1.82) is 0 Å². The maximum Gasteiger partial charge on any atom is 0.322 e. The van der Waals surface area contributed by atoms with E-state index in [0.29, 0.717) is 33.9 Å². The van der Waals surface area contributed by atoms with E-state index in [1.807, 2.05) is 4.90 Å². The summed E-state index contributed by atoms with van der Waals surface area (Å²) in [5, 5.41) is 11.1. The summed E-state index contributed by atoms with van der Waals surface area (Å²) < 4.78 is 14.4. The maximum atomic E-state index is 14.4. The van der Waals surface area contributed by atoms with Crippen LogP contribution in [0.3, 0.4) is 0 Å². The van der Waals surface area contributed by atoms with Gasteiger partial charge in [-0.3, -0.25) is 0 Å². The fraction of sp³-hybridized carbons (Fsp3) is 0.389. The molecule has 2 unspecified atom stereocenters. The van der Waals surface area contributed by atoms with Gasteiger partial charge in [-0.25, -0.2) is 9.18 Å². The van der Waals surface area contributed by atoms with Gasteiger partial charge in [0.1, 0.15) is 5.82 Å². The van der Waals surface area contributed by atoms with Crippen molar-refractivity contribution in [2.45, 2.75) is 44.7 Å². The summed E-state index contributed by atoms with van der Waals surface area (Å²) in [5.74, 6) is -0.463. The number of aryl methyl sites for hydroxylation is 1. The highest BCUT2D eigenvalue weighted by molar-refractivity contribution is 6.30. The summed E-state index contributed by atoms with van der Waals surface area (Å²) in [5.41, 5.74) is 2.09. The predicted octanol–water partition coefficient (Wildman–Crippen LogP) is 4.40. The van der Waals surface area contributed by atoms with Gasteiger partial charge in [0.2, 0.25) is 0 Å². The van der Waals surface area contributed by atoms with Crippen LogP contribution in [-0.4, -0.2) is 33.2 Å². The van der Waals surface area contributed by atoms with Crippen LogP contribution in [0.15, 0.2) is 24.4 Å². The number of nitrogens with one attached hydrogen (secondary N) is 1. The first-order valence-electron chi connectivity index (χ1n) is 8.41. The molecule has 5 nitrogen and oxygen atoms in total. The molecule has 3 heterocycles. The molecule has 0 radical (unpaired) electrons. The molecule has 25 heavy (non-hydrogen) atoms. The molecule has 2 saturated heterocycles. The van der Waals surface area contributed by atoms with E-state index >= 15 is 0 Å². The predicted molar refractivity (Wildman–Crippen MR) is 94.1 cm³/mol. The van der Waals surface area contributed by atoms with E-state index in [1.165, 1.54) is 12.3 Å². The molecule has 2 atom stereocenters. The third kappa shape index (κ3) is 2.95. The molecule has 1 aromatic heterocycles. The standard InChI is InChI=1S/C18H18ClFN4O/c1-10-5-15(20)17(8-14(10)16-6-11(19)9-21-23-16)22-18(25)24-12-3-2-4-13(24)7-12/h5-6,8-9,12-13H,2-4,7H2,1H3,(H,22,25). The van der Waals surface area contributed by atoms with Crippen LogP contribution in [0.4, 0.5) is 14.9 Å². The lowest BCUT2D eigenvalue weighted by molar-refractivity contribution is 0.0173. The van der Waals surface area contributed by atoms with Gasteiger partial charge in [0, 0.05) is 17.6 Å². The van der Waals surface area contributed by atoms with Crippen LogP contribution < -0.4 is 5.32 Å². The third-order valence-electron chi connectivity index (χ3n) is 5.09. The number of rotatable bonds is 2. The Kier molecular flexibility index (Phi) is 4.07. The molecule has 1 N–H and O–H groups in total. The van der Waals surface area contributed by atoms with Gasteiger partial charge in [0.05, 0.1) is 22.6 Å². The Morgan fingerprint density at radius 1 is 1.32 bits per heavy atom. The number of carbonyl (C=O) groups is 1. The molecule has 7 heteroatoms. The summed E-state index contributed by atoms with van der Waals surface area (Å²) in [6.07, 6.45) is 5.73. The number of aromatic nitrogens is 2. The number of halogens is 2. The van der Waals surface area contributed by atoms with Crippen molar-refractivity contribution >= 4 is 23.3 Å². The quantitative estimate of drug-likeness (QED) is 0.863. The van der Waals surface area contributed by atoms with Crippen molar-refractivity contribution in [3.8, 4) is 11.3 Å². The lowest BCUT2D eigenvalue weighted by Crippen LogP contribution is -2.62. The van der Waals surface area contributed by atoms with Crippen molar-refractivity contribution in [2.75, 3.05) is 5.32 Å². The van der Waals surface area contributed by atoms with Crippen LogP contribution in [0.2, 0.25) is 5.02 Å². The van der Waals surface area contributed by atoms with Crippen LogP contribution in [-0.2, 0) is 0 Å². The Labute approximate surface area is 150 Å². The van der Waals surface area contributed by atoms with Crippen LogP contribution in [0.5, 0.6) is 0 Å². The van der Waals surface area contributed by atoms with Gasteiger partial charge in [-0.1, -0.05) is 11.6 Å². The number of hydrogen-bond acceptors (Lipinski definition) is 3. The van der Waals surface area contributed by atoms with Gasteiger partial charge >= 0.3 is 6.03 Å². The molecular formula is C18H18ClFN4O. The Bertz CT molecular complexity index is 830. The first kappa shape index (κ1) is 16.3. The zero-order valence-electron chi connectivity index (χ0n) is 13.8. The minimum Gasteiger partial charge on any atom is -0.318 e. The van der Waals surface area contributed by atoms with Crippen LogP contribution in [0.1, 0.15) is 31.2 Å². The van der Waals surface area contributed by atoms with Crippen molar-refractivity contribution in [3.05, 3.63) is 40.8 Å². The van der Waals surface area contributed by atoms with Crippen molar-refractivity contribution in [2.24, 2.45) is 0 Å². The number of carbonyl (C=O) groups excluding carboxylic acids is 1. The van der Waals surface area contributed by atoms with Crippen LogP contribution >= 0.6 is 11.6 Å². The molecule has 1 aromatic carbocycles. The lowest BCUT2D eigenvalue weighted by atomic mass is 9.80. The molecule has 2 aliphatic rings. The molecule has 4 rings (SSSR count). The van der Waals surface area contributed by atoms with Crippen molar-refractivity contribution in [1.82, 2.24) is 15.1 Å². The zero-order valence-corrected chi connectivity index (χ0v) is 14.6. The Morgan fingerprint density at radius 3 is 2.76 bits per heavy atom. The Hall–Kier alpha value is -2.21. The fourth-order valence-corrected chi connectivity index (χ4v) is 3.98. The summed E-state index contributed by atoms with van der Waals surface area (Å²) in [6.45, 7) is 1.78. The van der Waals surface area contributed by atoms with Crippen LogP contribution in [0, 0.1) is 12.7 Å². The number of urea groups is 1. The summed E-state index contributed by atoms with van der Waals surface area (Å²) in [7, 11) is 0. The minimum absolute atomic E-state index is 0.150. The average Bonchev–Trinajstić information content (AvgIpc) is 2.58. The van der Waals surface area contributed by atoms with E-state index in [4.69, 9.17) is 11.6 Å². The lowest BCUT2D eigenvalue weighted by Gasteiger charge is -2.52. The number of hydrogen-bond donors (Lipinski definition) is 1. The van der Waals surface area contributed by atoms with Gasteiger partial charge in [-0.15, -0.1) is 0 Å². The molecule has 0 saturated carbocycles. The smallest absolute Gasteiger partial charge is 0.318 e. The van der Waals surface area contributed by atoms with E-state index < -0.39 is 5.82 Å². The summed E-state index contributed by atoms with van der Waals surface area (Å²) in [4.78, 5) is 14.4. The molecule has 130 valence electrons. The maximum absolute atomic E-state index is 14.4. The second-order valence-electron chi connectivity index (χ2n) is 6.72. The van der Waals surface area contributed by atoms with E-state index in [0.717, 1.165) is 25.7 Å². The van der Waals surface area contributed by atoms with Crippen molar-refractivity contribution in [3.63, 3.8) is 0 Å². The SMILES string of the molecule is Cc1cc(F)c(NC(=O)N2C3CCCC2C3)cc1-c1cc(Cl)cnn1. The number of nitrogens with zero attached hydrogens (tertiary/aromatic N) is 3. The average molecular weight is 361 g/mol. The summed E-state index contributed by atoms with van der Waals surface area (Å²) in [6, 6.07) is 5.02. The van der Waals surface area contributed by atoms with E-state index in [9.17, 15) is 9.18 Å². The first-order valence-corrected chi connectivity index (χ1v) is 8.79. The molecular weight excluding hydrogens is 343 g/mol. The minimum atomic E-state index is -0.463. The van der Waals surface area contributed by atoms with Gasteiger partial charge in [0.25, 0.3) is 0 Å². The number of piperidine rings is 1. The zero-order chi connectivity index (χ0) is 17.6. The highest BCUT2D eigenvalue weighted by Crippen LogP contribution is 2.38. The molecule has 2 aliphatic heterocycles. The third-order valence-corrected chi connectivity index (χ3v) is 5.30. The van der Waals surface area contributed by atoms with Gasteiger partial charge < -0.3 is 10.2 Å². The number of fused-ring (bicyclic) bond motifs is 2. The highest BCUT2D eigenvalue weighted by Gasteiger charge is 2.44. The topological polar surface area (TPSA) is 58.1 Å². The number of benzene rings is 1. The molecule has 2 fully saturated rings. The number of amides is 2. The Balaban J connectivity index is 1.61. The van der Waals surface area contributed by atoms with Gasteiger partial charge in [-0.2, -0.15) is 10.2 Å². The first-order chi connectivity index (χ1) is 12.0. The van der Waals surface area contributed by atoms with Gasteiger partial charge in [-0.05, 0) is 56.4 Å². The largest absolute Gasteiger partial charge is 0.322 e. The molecule has 2 amide bonds. The number of anilines is 1. The monoisotopic (exact) mass is 360 g/mol. The highest BCUT2D eigenvalue weighted by atomic mass is 35.5.